The summed E-state index contributed by atoms with van der Waals surface area (Å²) in [5.41, 5.74) is 3.81. The zero-order valence-electron chi connectivity index (χ0n) is 19.3. The zero-order chi connectivity index (χ0) is 23.4. The Morgan fingerprint density at radius 3 is 2.45 bits per heavy atom. The van der Waals surface area contributed by atoms with Crippen LogP contribution in [-0.2, 0) is 6.42 Å². The first-order valence-electron chi connectivity index (χ1n) is 11.1. The Bertz CT molecular complexity index is 1260. The van der Waals surface area contributed by atoms with E-state index >= 15 is 0 Å². The van der Waals surface area contributed by atoms with Crippen LogP contribution in [0.4, 0.5) is 0 Å². The first-order chi connectivity index (χ1) is 16.0. The van der Waals surface area contributed by atoms with E-state index in [2.05, 4.69) is 29.5 Å². The molecule has 2 heterocycles. The molecule has 0 aliphatic carbocycles. The summed E-state index contributed by atoms with van der Waals surface area (Å²) < 4.78 is 13.1. The molecule has 33 heavy (non-hydrogen) atoms. The SMILES string of the molecule is CCOc1ccc(C(=O)NCCc2sc3nc(-c4ccc(C)cc4)nn3c2C)cc1OCC. The number of thiazole rings is 1. The van der Waals surface area contributed by atoms with Gasteiger partial charge in [0.05, 0.1) is 18.9 Å². The molecule has 1 amide bonds. The van der Waals surface area contributed by atoms with Crippen molar-refractivity contribution in [1.82, 2.24) is 19.9 Å². The Balaban J connectivity index is 1.41. The van der Waals surface area contributed by atoms with Crippen LogP contribution in [0.3, 0.4) is 0 Å². The molecule has 8 heteroatoms. The number of ether oxygens (including phenoxy) is 2. The van der Waals surface area contributed by atoms with Crippen molar-refractivity contribution in [1.29, 1.82) is 0 Å². The molecule has 7 nitrogen and oxygen atoms in total. The normalized spacial score (nSPS) is 11.0. The van der Waals surface area contributed by atoms with E-state index in [-0.39, 0.29) is 5.91 Å². The average Bonchev–Trinajstić information content (AvgIpc) is 3.35. The number of carbonyl (C=O) groups is 1. The van der Waals surface area contributed by atoms with Gasteiger partial charge in [-0.25, -0.2) is 4.52 Å². The third-order valence-electron chi connectivity index (χ3n) is 5.27. The van der Waals surface area contributed by atoms with E-state index in [1.165, 1.54) is 5.56 Å². The monoisotopic (exact) mass is 464 g/mol. The maximum atomic E-state index is 12.7. The van der Waals surface area contributed by atoms with Crippen molar-refractivity contribution in [3.05, 3.63) is 64.2 Å². The zero-order valence-corrected chi connectivity index (χ0v) is 20.2. The summed E-state index contributed by atoms with van der Waals surface area (Å²) in [6.45, 7) is 9.48. The number of aromatic nitrogens is 3. The van der Waals surface area contributed by atoms with E-state index < -0.39 is 0 Å². The van der Waals surface area contributed by atoms with Gasteiger partial charge in [-0.2, -0.15) is 4.98 Å². The van der Waals surface area contributed by atoms with Crippen molar-refractivity contribution < 1.29 is 14.3 Å². The molecular weight excluding hydrogens is 436 g/mol. The summed E-state index contributed by atoms with van der Waals surface area (Å²) in [7, 11) is 0. The fourth-order valence-corrected chi connectivity index (χ4v) is 4.58. The summed E-state index contributed by atoms with van der Waals surface area (Å²) in [5, 5.41) is 7.67. The standard InChI is InChI=1S/C25H28N4O3S/c1-5-31-20-12-11-19(15-21(20)32-6-2)24(30)26-14-13-22-17(4)29-25(33-22)27-23(28-29)18-9-7-16(3)8-10-18/h7-12,15H,5-6,13-14H2,1-4H3,(H,26,30). The fourth-order valence-electron chi connectivity index (χ4n) is 3.53. The van der Waals surface area contributed by atoms with Gasteiger partial charge >= 0.3 is 0 Å². The highest BCUT2D eigenvalue weighted by Gasteiger charge is 2.15. The number of amides is 1. The molecule has 0 saturated heterocycles. The second kappa shape index (κ2) is 10.0. The van der Waals surface area contributed by atoms with Crippen molar-refractivity contribution in [2.45, 2.75) is 34.1 Å². The number of aryl methyl sites for hydroxylation is 2. The lowest BCUT2D eigenvalue weighted by Gasteiger charge is -2.12. The molecule has 2 aromatic carbocycles. The molecule has 2 aromatic heterocycles. The fraction of sp³-hybridized carbons (Fsp3) is 0.320. The van der Waals surface area contributed by atoms with Gasteiger partial charge in [0.2, 0.25) is 4.96 Å². The molecule has 0 spiro atoms. The van der Waals surface area contributed by atoms with Gasteiger partial charge in [0.1, 0.15) is 0 Å². The molecule has 172 valence electrons. The number of rotatable bonds is 9. The van der Waals surface area contributed by atoms with Gasteiger partial charge in [0.15, 0.2) is 17.3 Å². The topological polar surface area (TPSA) is 77.8 Å². The molecule has 4 rings (SSSR count). The molecule has 0 unspecified atom stereocenters. The Morgan fingerprint density at radius 2 is 1.76 bits per heavy atom. The number of hydrogen-bond donors (Lipinski definition) is 1. The van der Waals surface area contributed by atoms with Crippen LogP contribution in [0.25, 0.3) is 16.3 Å². The van der Waals surface area contributed by atoms with E-state index in [1.54, 1.807) is 29.5 Å². The minimum absolute atomic E-state index is 0.141. The van der Waals surface area contributed by atoms with Crippen LogP contribution in [0.2, 0.25) is 0 Å². The Morgan fingerprint density at radius 1 is 1.03 bits per heavy atom. The van der Waals surface area contributed by atoms with E-state index in [0.29, 0.717) is 43.2 Å². The quantitative estimate of drug-likeness (QED) is 0.383. The summed E-state index contributed by atoms with van der Waals surface area (Å²) in [6, 6.07) is 13.5. The van der Waals surface area contributed by atoms with Gasteiger partial charge in [-0.15, -0.1) is 5.10 Å². The Kier molecular flexibility index (Phi) is 6.93. The lowest BCUT2D eigenvalue weighted by atomic mass is 10.1. The van der Waals surface area contributed by atoms with E-state index in [1.807, 2.05) is 37.4 Å². The van der Waals surface area contributed by atoms with Crippen molar-refractivity contribution in [3.63, 3.8) is 0 Å². The van der Waals surface area contributed by atoms with Crippen LogP contribution in [0.15, 0.2) is 42.5 Å². The predicted molar refractivity (Wildman–Crippen MR) is 131 cm³/mol. The second-order valence-corrected chi connectivity index (χ2v) is 8.70. The number of hydrogen-bond acceptors (Lipinski definition) is 6. The van der Waals surface area contributed by atoms with Gasteiger partial charge in [-0.3, -0.25) is 4.79 Å². The van der Waals surface area contributed by atoms with Gasteiger partial charge in [0, 0.05) is 29.0 Å². The average molecular weight is 465 g/mol. The number of nitrogens with one attached hydrogen (secondary N) is 1. The molecule has 1 N–H and O–H groups in total. The first-order valence-corrected chi connectivity index (χ1v) is 11.9. The molecular formula is C25H28N4O3S. The molecule has 0 radical (unpaired) electrons. The Labute approximate surface area is 197 Å². The third-order valence-corrected chi connectivity index (χ3v) is 6.46. The number of benzene rings is 2. The van der Waals surface area contributed by atoms with Crippen molar-refractivity contribution in [3.8, 4) is 22.9 Å². The minimum Gasteiger partial charge on any atom is -0.490 e. The molecule has 0 saturated carbocycles. The van der Waals surface area contributed by atoms with Crippen molar-refractivity contribution >= 4 is 22.2 Å². The molecule has 0 aliphatic heterocycles. The van der Waals surface area contributed by atoms with E-state index in [9.17, 15) is 4.79 Å². The number of nitrogens with zero attached hydrogens (tertiary/aromatic N) is 3. The smallest absolute Gasteiger partial charge is 0.251 e. The van der Waals surface area contributed by atoms with Gasteiger partial charge in [-0.05, 0) is 45.9 Å². The molecule has 0 bridgehead atoms. The highest BCUT2D eigenvalue weighted by Crippen LogP contribution is 2.29. The minimum atomic E-state index is -0.141. The van der Waals surface area contributed by atoms with Crippen LogP contribution < -0.4 is 14.8 Å². The van der Waals surface area contributed by atoms with Gasteiger partial charge < -0.3 is 14.8 Å². The maximum absolute atomic E-state index is 12.7. The predicted octanol–water partition coefficient (Wildman–Crippen LogP) is 4.84. The van der Waals surface area contributed by atoms with Crippen LogP contribution in [0, 0.1) is 13.8 Å². The van der Waals surface area contributed by atoms with E-state index in [0.717, 1.165) is 26.9 Å². The molecule has 0 aliphatic rings. The van der Waals surface area contributed by atoms with E-state index in [4.69, 9.17) is 14.5 Å². The lowest BCUT2D eigenvalue weighted by molar-refractivity contribution is 0.0953. The van der Waals surface area contributed by atoms with Gasteiger partial charge in [0.25, 0.3) is 5.91 Å². The number of fused-ring (bicyclic) bond motifs is 1. The van der Waals surface area contributed by atoms with Crippen molar-refractivity contribution in [2.24, 2.45) is 0 Å². The first kappa shape index (κ1) is 22.8. The lowest BCUT2D eigenvalue weighted by Crippen LogP contribution is -2.25. The summed E-state index contributed by atoms with van der Waals surface area (Å²) >= 11 is 1.61. The highest BCUT2D eigenvalue weighted by atomic mass is 32.1. The molecule has 0 fully saturated rings. The van der Waals surface area contributed by atoms with Crippen LogP contribution in [-0.4, -0.2) is 40.3 Å². The highest BCUT2D eigenvalue weighted by molar-refractivity contribution is 7.17. The molecule has 0 atom stereocenters. The van der Waals surface area contributed by atoms with Gasteiger partial charge in [-0.1, -0.05) is 41.2 Å². The largest absolute Gasteiger partial charge is 0.490 e. The third kappa shape index (κ3) is 5.01. The molecule has 4 aromatic rings. The summed E-state index contributed by atoms with van der Waals surface area (Å²) in [4.78, 5) is 19.4. The van der Waals surface area contributed by atoms with Crippen LogP contribution in [0.5, 0.6) is 11.5 Å². The summed E-state index contributed by atoms with van der Waals surface area (Å²) in [6.07, 6.45) is 0.711. The second-order valence-electron chi connectivity index (χ2n) is 7.64. The van der Waals surface area contributed by atoms with Crippen LogP contribution in [0.1, 0.15) is 40.3 Å². The number of carbonyl (C=O) groups excluding carboxylic acids is 1. The Hall–Kier alpha value is -3.39. The van der Waals surface area contributed by atoms with Crippen LogP contribution >= 0.6 is 11.3 Å². The summed E-state index contributed by atoms with van der Waals surface area (Å²) in [5.74, 6) is 1.81. The maximum Gasteiger partial charge on any atom is 0.251 e. The van der Waals surface area contributed by atoms with Crippen molar-refractivity contribution in [2.75, 3.05) is 19.8 Å².